The Kier molecular flexibility index (Phi) is 12.6. The normalized spacial score (nSPS) is 12.5. The molecule has 2 aromatic rings. The summed E-state index contributed by atoms with van der Waals surface area (Å²) in [5, 5.41) is 27.7. The molecule has 13 heteroatoms. The number of hydrogen-bond acceptors (Lipinski definition) is 7. The van der Waals surface area contributed by atoms with E-state index in [2.05, 4.69) is 41.8 Å². The lowest BCUT2D eigenvalue weighted by Crippen LogP contribution is -2.18. The van der Waals surface area contributed by atoms with Crippen molar-refractivity contribution >= 4 is 68.9 Å². The van der Waals surface area contributed by atoms with Crippen LogP contribution in [-0.2, 0) is 4.74 Å². The fourth-order valence-electron chi connectivity index (χ4n) is 2.81. The number of nitrogens with zero attached hydrogens (tertiary/aromatic N) is 4. The topological polar surface area (TPSA) is 114 Å². The first kappa shape index (κ1) is 30.4. The van der Waals surface area contributed by atoms with Crippen molar-refractivity contribution in [3.05, 3.63) is 56.4 Å². The van der Waals surface area contributed by atoms with E-state index in [1.54, 1.807) is 36.2 Å². The van der Waals surface area contributed by atoms with E-state index >= 15 is 0 Å². The quantitative estimate of drug-likeness (QED) is 0.0801. The summed E-state index contributed by atoms with van der Waals surface area (Å²) in [6.45, 7) is 3.61. The molecule has 0 saturated heterocycles. The molecule has 0 aliphatic carbocycles. The van der Waals surface area contributed by atoms with Crippen LogP contribution in [0.3, 0.4) is 0 Å². The van der Waals surface area contributed by atoms with E-state index < -0.39 is 0 Å². The fourth-order valence-corrected chi connectivity index (χ4v) is 3.84. The van der Waals surface area contributed by atoms with Gasteiger partial charge < -0.3 is 25.2 Å². The maximum Gasteiger partial charge on any atom is 0.238 e. The highest BCUT2D eigenvalue weighted by molar-refractivity contribution is 9.10. The highest BCUT2D eigenvalue weighted by atomic mass is 79.9. The van der Waals surface area contributed by atoms with Crippen LogP contribution in [0.5, 0.6) is 11.5 Å². The number of phenols is 2. The fraction of sp³-hybridized carbons (Fsp3) is 0.292. The first-order valence-corrected chi connectivity index (χ1v) is 12.6. The van der Waals surface area contributed by atoms with Crippen molar-refractivity contribution in [1.82, 2.24) is 10.3 Å². The molecular formula is C24H28BrCl2FN6O3. The number of nitrogens with one attached hydrogen (secondary N) is 2. The Bertz CT molecular complexity index is 1190. The second kappa shape index (κ2) is 15.4. The van der Waals surface area contributed by atoms with Crippen LogP contribution in [0.4, 0.5) is 15.8 Å². The third-order valence-corrected chi connectivity index (χ3v) is 5.81. The Morgan fingerprint density at radius 3 is 2.68 bits per heavy atom. The number of aliphatic imine (C=N–C) groups is 2. The largest absolute Gasteiger partial charge is 0.506 e. The van der Waals surface area contributed by atoms with E-state index in [-0.39, 0.29) is 39.8 Å². The predicted octanol–water partition coefficient (Wildman–Crippen LogP) is 6.06. The number of allylic oxidation sites excluding steroid dienone is 1. The molecule has 0 bridgehead atoms. The van der Waals surface area contributed by atoms with Crippen molar-refractivity contribution in [1.29, 1.82) is 0 Å². The smallest absolute Gasteiger partial charge is 0.238 e. The number of rotatable bonds is 11. The number of hydrazone groups is 1. The number of halogens is 4. The standard InChI is InChI=1S/C24H28BrCl2FN6O3/c1-4-37-10-9-34(3)14-17(28)7-8-30-24(29-2)33-31-13-15-5-6-19(21(27)22(15)35)32-20-12-16(25)11-18(26)23(20)36/h5-6,8,11-14,32,35-36H,4,7,9-10H2,1-3H3,(H,29,33)/b17-14-,30-8+,31-13-. The zero-order valence-electron chi connectivity index (χ0n) is 20.5. The molecule has 0 radical (unpaired) electrons. The first-order valence-electron chi connectivity index (χ1n) is 11.0. The lowest BCUT2D eigenvalue weighted by atomic mass is 10.2. The van der Waals surface area contributed by atoms with E-state index in [1.807, 2.05) is 6.92 Å². The van der Waals surface area contributed by atoms with Crippen molar-refractivity contribution in [2.24, 2.45) is 15.1 Å². The molecule has 0 aliphatic heterocycles. The number of hydrogen-bond donors (Lipinski definition) is 4. The Balaban J connectivity index is 1.99. The van der Waals surface area contributed by atoms with Gasteiger partial charge in [0.15, 0.2) is 5.75 Å². The molecule has 0 heterocycles. The number of guanidine groups is 1. The highest BCUT2D eigenvalue weighted by Crippen LogP contribution is 2.40. The molecule has 0 unspecified atom stereocenters. The molecule has 0 saturated carbocycles. The summed E-state index contributed by atoms with van der Waals surface area (Å²) >= 11 is 15.6. The van der Waals surface area contributed by atoms with Gasteiger partial charge in [-0.25, -0.2) is 14.8 Å². The maximum atomic E-state index is 14.0. The van der Waals surface area contributed by atoms with Crippen LogP contribution in [-0.4, -0.2) is 67.4 Å². The van der Waals surface area contributed by atoms with Crippen molar-refractivity contribution in [3.63, 3.8) is 0 Å². The summed E-state index contributed by atoms with van der Waals surface area (Å²) < 4.78 is 19.9. The Labute approximate surface area is 233 Å². The van der Waals surface area contributed by atoms with E-state index in [4.69, 9.17) is 27.9 Å². The maximum absolute atomic E-state index is 14.0. The number of aromatic hydroxyl groups is 2. The molecule has 200 valence electrons. The molecule has 0 atom stereocenters. The molecule has 0 fully saturated rings. The average molecular weight is 618 g/mol. The van der Waals surface area contributed by atoms with Crippen molar-refractivity contribution in [2.75, 3.05) is 39.2 Å². The van der Waals surface area contributed by atoms with Crippen LogP contribution in [0, 0.1) is 0 Å². The predicted molar refractivity (Wildman–Crippen MR) is 153 cm³/mol. The molecule has 2 aromatic carbocycles. The minimum Gasteiger partial charge on any atom is -0.506 e. The number of ether oxygens (including phenoxy) is 1. The van der Waals surface area contributed by atoms with Gasteiger partial charge >= 0.3 is 0 Å². The van der Waals surface area contributed by atoms with Crippen molar-refractivity contribution in [2.45, 2.75) is 13.3 Å². The molecular weight excluding hydrogens is 590 g/mol. The lowest BCUT2D eigenvalue weighted by Gasteiger charge is -2.13. The van der Waals surface area contributed by atoms with Gasteiger partial charge in [0.1, 0.15) is 16.6 Å². The van der Waals surface area contributed by atoms with Crippen molar-refractivity contribution in [3.8, 4) is 11.5 Å². The molecule has 0 aromatic heterocycles. The Hall–Kier alpha value is -2.86. The van der Waals surface area contributed by atoms with E-state index in [0.29, 0.717) is 41.2 Å². The summed E-state index contributed by atoms with van der Waals surface area (Å²) in [6, 6.07) is 6.33. The summed E-state index contributed by atoms with van der Waals surface area (Å²) in [5.41, 5.74) is 3.57. The number of anilines is 2. The van der Waals surface area contributed by atoms with Crippen LogP contribution in [0.2, 0.25) is 10.0 Å². The summed E-state index contributed by atoms with van der Waals surface area (Å²) in [7, 11) is 3.26. The molecule has 9 nitrogen and oxygen atoms in total. The third kappa shape index (κ3) is 9.84. The van der Waals surface area contributed by atoms with Crippen LogP contribution in [0.1, 0.15) is 18.9 Å². The summed E-state index contributed by atoms with van der Waals surface area (Å²) in [6.07, 6.45) is 4.06. The summed E-state index contributed by atoms with van der Waals surface area (Å²) in [4.78, 5) is 9.70. The molecule has 2 rings (SSSR count). The minimum absolute atomic E-state index is 0.00957. The van der Waals surface area contributed by atoms with E-state index in [0.717, 1.165) is 0 Å². The molecule has 0 spiro atoms. The molecule has 37 heavy (non-hydrogen) atoms. The SMILES string of the molecule is CCOCCN(C)/C=C(\F)C/C=N/C(=N\C)N/N=C\c1ccc(Nc2cc(Br)cc(Cl)c2O)c(Cl)c1O. The van der Waals surface area contributed by atoms with Gasteiger partial charge in [-0.2, -0.15) is 5.10 Å². The third-order valence-electron chi connectivity index (χ3n) is 4.68. The first-order chi connectivity index (χ1) is 17.7. The van der Waals surface area contributed by atoms with Gasteiger partial charge in [0, 0.05) is 56.1 Å². The van der Waals surface area contributed by atoms with Crippen molar-refractivity contribution < 1.29 is 19.3 Å². The van der Waals surface area contributed by atoms with E-state index in [1.165, 1.54) is 25.7 Å². The Morgan fingerprint density at radius 2 is 1.97 bits per heavy atom. The zero-order chi connectivity index (χ0) is 27.4. The highest BCUT2D eigenvalue weighted by Gasteiger charge is 2.13. The second-order valence-corrected chi connectivity index (χ2v) is 9.16. The lowest BCUT2D eigenvalue weighted by molar-refractivity contribution is 0.133. The van der Waals surface area contributed by atoms with Crippen LogP contribution in [0.15, 0.2) is 55.9 Å². The molecule has 0 amide bonds. The number of benzene rings is 2. The number of phenolic OH excluding ortho intramolecular Hbond substituents is 2. The van der Waals surface area contributed by atoms with Crippen LogP contribution >= 0.6 is 39.1 Å². The van der Waals surface area contributed by atoms with E-state index in [9.17, 15) is 14.6 Å². The minimum atomic E-state index is -0.367. The second-order valence-electron chi connectivity index (χ2n) is 7.46. The van der Waals surface area contributed by atoms with Gasteiger partial charge in [0.25, 0.3) is 0 Å². The average Bonchev–Trinajstić information content (AvgIpc) is 2.85. The zero-order valence-corrected chi connectivity index (χ0v) is 23.6. The van der Waals surface area contributed by atoms with Crippen LogP contribution in [0.25, 0.3) is 0 Å². The molecule has 4 N–H and O–H groups in total. The summed E-state index contributed by atoms with van der Waals surface area (Å²) in [5.74, 6) is -0.629. The monoisotopic (exact) mass is 616 g/mol. The van der Waals surface area contributed by atoms with Gasteiger partial charge in [-0.05, 0) is 31.2 Å². The van der Waals surface area contributed by atoms with Gasteiger partial charge in [-0.3, -0.25) is 4.99 Å². The number of likely N-dealkylation sites (N-methyl/N-ethyl adjacent to an activating group) is 1. The van der Waals surface area contributed by atoms with Crippen LogP contribution < -0.4 is 10.7 Å². The van der Waals surface area contributed by atoms with Gasteiger partial charge in [0.05, 0.1) is 29.2 Å². The molecule has 0 aliphatic rings. The van der Waals surface area contributed by atoms with Gasteiger partial charge in [-0.1, -0.05) is 39.1 Å². The Morgan fingerprint density at radius 1 is 1.22 bits per heavy atom. The van der Waals surface area contributed by atoms with Gasteiger partial charge in [0.2, 0.25) is 5.96 Å². The van der Waals surface area contributed by atoms with Gasteiger partial charge in [-0.15, -0.1) is 0 Å².